The van der Waals surface area contributed by atoms with Gasteiger partial charge >= 0.3 is 0 Å². The molecule has 0 saturated heterocycles. The SMILES string of the molecule is COc1cc(C)cc(C(C)C)c1C(C)C. The number of hydrogen-bond acceptors (Lipinski definition) is 1. The van der Waals surface area contributed by atoms with E-state index in [1.54, 1.807) is 7.11 Å². The molecule has 0 unspecified atom stereocenters. The molecular formula is C14H22O. The molecule has 0 heterocycles. The second-order valence-corrected chi connectivity index (χ2v) is 4.78. The Morgan fingerprint density at radius 1 is 1.00 bits per heavy atom. The van der Waals surface area contributed by atoms with Crippen LogP contribution in [0.2, 0.25) is 0 Å². The summed E-state index contributed by atoms with van der Waals surface area (Å²) in [5, 5.41) is 0. The van der Waals surface area contributed by atoms with Crippen molar-refractivity contribution >= 4 is 0 Å². The summed E-state index contributed by atoms with van der Waals surface area (Å²) in [6.45, 7) is 11.0. The van der Waals surface area contributed by atoms with Gasteiger partial charge in [-0.3, -0.25) is 0 Å². The van der Waals surface area contributed by atoms with E-state index in [0.29, 0.717) is 11.8 Å². The Bertz CT molecular complexity index is 337. The molecule has 15 heavy (non-hydrogen) atoms. The molecule has 0 N–H and O–H groups in total. The Balaban J connectivity index is 3.40. The molecule has 1 rings (SSSR count). The van der Waals surface area contributed by atoms with Crippen LogP contribution >= 0.6 is 0 Å². The first-order valence-electron chi connectivity index (χ1n) is 5.65. The molecule has 0 aliphatic rings. The van der Waals surface area contributed by atoms with Crippen LogP contribution in [0.5, 0.6) is 5.75 Å². The third kappa shape index (κ3) is 2.53. The lowest BCUT2D eigenvalue weighted by Crippen LogP contribution is -2.03. The quantitative estimate of drug-likeness (QED) is 0.718. The van der Waals surface area contributed by atoms with Crippen molar-refractivity contribution in [2.75, 3.05) is 7.11 Å². The molecule has 1 heteroatoms. The second kappa shape index (κ2) is 4.69. The van der Waals surface area contributed by atoms with Crippen LogP contribution in [0.4, 0.5) is 0 Å². The first-order chi connectivity index (χ1) is 6.97. The highest BCUT2D eigenvalue weighted by Gasteiger charge is 2.15. The third-order valence-electron chi connectivity index (χ3n) is 2.74. The Morgan fingerprint density at radius 2 is 1.60 bits per heavy atom. The summed E-state index contributed by atoms with van der Waals surface area (Å²) in [7, 11) is 1.75. The lowest BCUT2D eigenvalue weighted by atomic mass is 9.88. The van der Waals surface area contributed by atoms with Crippen molar-refractivity contribution in [3.05, 3.63) is 28.8 Å². The van der Waals surface area contributed by atoms with Gasteiger partial charge in [-0.25, -0.2) is 0 Å². The van der Waals surface area contributed by atoms with E-state index in [9.17, 15) is 0 Å². The summed E-state index contributed by atoms with van der Waals surface area (Å²) < 4.78 is 5.48. The van der Waals surface area contributed by atoms with Crippen LogP contribution in [0.1, 0.15) is 56.2 Å². The van der Waals surface area contributed by atoms with E-state index < -0.39 is 0 Å². The monoisotopic (exact) mass is 206 g/mol. The highest BCUT2D eigenvalue weighted by Crippen LogP contribution is 2.34. The van der Waals surface area contributed by atoms with Crippen molar-refractivity contribution in [3.8, 4) is 5.75 Å². The standard InChI is InChI=1S/C14H22O/c1-9(2)12-7-11(5)8-13(15-6)14(12)10(3)4/h7-10H,1-6H3. The molecule has 0 radical (unpaired) electrons. The van der Waals surface area contributed by atoms with Crippen LogP contribution in [0.15, 0.2) is 12.1 Å². The number of rotatable bonds is 3. The van der Waals surface area contributed by atoms with Gasteiger partial charge < -0.3 is 4.74 Å². The summed E-state index contributed by atoms with van der Waals surface area (Å²) in [6, 6.07) is 4.41. The predicted molar refractivity (Wildman–Crippen MR) is 65.9 cm³/mol. The molecule has 1 aromatic carbocycles. The smallest absolute Gasteiger partial charge is 0.122 e. The normalized spacial score (nSPS) is 11.2. The van der Waals surface area contributed by atoms with Gasteiger partial charge in [0.05, 0.1) is 7.11 Å². The maximum atomic E-state index is 5.48. The van der Waals surface area contributed by atoms with E-state index >= 15 is 0 Å². The molecule has 0 amide bonds. The van der Waals surface area contributed by atoms with Crippen molar-refractivity contribution in [1.29, 1.82) is 0 Å². The largest absolute Gasteiger partial charge is 0.496 e. The molecule has 0 bridgehead atoms. The second-order valence-electron chi connectivity index (χ2n) is 4.78. The highest BCUT2D eigenvalue weighted by atomic mass is 16.5. The minimum atomic E-state index is 0.512. The zero-order valence-electron chi connectivity index (χ0n) is 10.7. The topological polar surface area (TPSA) is 9.23 Å². The van der Waals surface area contributed by atoms with Gasteiger partial charge in [0.1, 0.15) is 5.75 Å². The first-order valence-corrected chi connectivity index (χ1v) is 5.65. The van der Waals surface area contributed by atoms with E-state index in [2.05, 4.69) is 46.8 Å². The van der Waals surface area contributed by atoms with Gasteiger partial charge in [0.15, 0.2) is 0 Å². The predicted octanol–water partition coefficient (Wildman–Crippen LogP) is 4.25. The molecule has 0 aromatic heterocycles. The number of ether oxygens (including phenoxy) is 1. The van der Waals surface area contributed by atoms with Crippen LogP contribution < -0.4 is 4.74 Å². The van der Waals surface area contributed by atoms with E-state index in [1.807, 2.05) is 0 Å². The van der Waals surface area contributed by atoms with Gasteiger partial charge in [0, 0.05) is 5.56 Å². The third-order valence-corrected chi connectivity index (χ3v) is 2.74. The van der Waals surface area contributed by atoms with E-state index in [4.69, 9.17) is 4.74 Å². The van der Waals surface area contributed by atoms with Crippen LogP contribution in [0.3, 0.4) is 0 Å². The average molecular weight is 206 g/mol. The van der Waals surface area contributed by atoms with E-state index in [1.165, 1.54) is 16.7 Å². The molecular weight excluding hydrogens is 184 g/mol. The molecule has 0 aliphatic carbocycles. The summed E-state index contributed by atoms with van der Waals surface area (Å²) >= 11 is 0. The van der Waals surface area contributed by atoms with Gasteiger partial charge in [0.25, 0.3) is 0 Å². The van der Waals surface area contributed by atoms with Gasteiger partial charge in [-0.2, -0.15) is 0 Å². The molecule has 0 fully saturated rings. The van der Waals surface area contributed by atoms with Gasteiger partial charge in [-0.15, -0.1) is 0 Å². The van der Waals surface area contributed by atoms with Crippen LogP contribution in [0.25, 0.3) is 0 Å². The van der Waals surface area contributed by atoms with Crippen molar-refractivity contribution in [1.82, 2.24) is 0 Å². The molecule has 84 valence electrons. The fourth-order valence-corrected chi connectivity index (χ4v) is 2.06. The Kier molecular flexibility index (Phi) is 3.78. The number of hydrogen-bond donors (Lipinski definition) is 0. The molecule has 0 aliphatic heterocycles. The highest BCUT2D eigenvalue weighted by molar-refractivity contribution is 5.46. The van der Waals surface area contributed by atoms with Crippen LogP contribution in [0, 0.1) is 6.92 Å². The maximum Gasteiger partial charge on any atom is 0.122 e. The lowest BCUT2D eigenvalue weighted by molar-refractivity contribution is 0.406. The first kappa shape index (κ1) is 12.1. The van der Waals surface area contributed by atoms with Gasteiger partial charge in [0.2, 0.25) is 0 Å². The minimum Gasteiger partial charge on any atom is -0.496 e. The average Bonchev–Trinajstić information content (AvgIpc) is 2.15. The van der Waals surface area contributed by atoms with E-state index in [0.717, 1.165) is 5.75 Å². The zero-order chi connectivity index (χ0) is 11.6. The fourth-order valence-electron chi connectivity index (χ4n) is 2.06. The van der Waals surface area contributed by atoms with Crippen LogP contribution in [-0.4, -0.2) is 7.11 Å². The van der Waals surface area contributed by atoms with Gasteiger partial charge in [-0.1, -0.05) is 33.8 Å². The number of methoxy groups -OCH3 is 1. The van der Waals surface area contributed by atoms with Crippen molar-refractivity contribution in [3.63, 3.8) is 0 Å². The Hall–Kier alpha value is -0.980. The van der Waals surface area contributed by atoms with Gasteiger partial charge in [-0.05, 0) is 36.0 Å². The van der Waals surface area contributed by atoms with Crippen molar-refractivity contribution in [2.24, 2.45) is 0 Å². The zero-order valence-corrected chi connectivity index (χ0v) is 10.7. The van der Waals surface area contributed by atoms with Crippen molar-refractivity contribution in [2.45, 2.75) is 46.5 Å². The summed E-state index contributed by atoms with van der Waals surface area (Å²) in [5.74, 6) is 2.10. The lowest BCUT2D eigenvalue weighted by Gasteiger charge is -2.20. The summed E-state index contributed by atoms with van der Waals surface area (Å²) in [4.78, 5) is 0. The Morgan fingerprint density at radius 3 is 2.00 bits per heavy atom. The molecule has 0 saturated carbocycles. The maximum absolute atomic E-state index is 5.48. The molecule has 0 spiro atoms. The summed E-state index contributed by atoms with van der Waals surface area (Å²) in [6.07, 6.45) is 0. The number of benzene rings is 1. The molecule has 1 nitrogen and oxygen atoms in total. The van der Waals surface area contributed by atoms with Crippen molar-refractivity contribution < 1.29 is 4.74 Å². The van der Waals surface area contributed by atoms with E-state index in [-0.39, 0.29) is 0 Å². The Labute approximate surface area is 93.5 Å². The fraction of sp³-hybridized carbons (Fsp3) is 0.571. The summed E-state index contributed by atoms with van der Waals surface area (Å²) in [5.41, 5.74) is 4.06. The molecule has 1 aromatic rings. The molecule has 0 atom stereocenters. The minimum absolute atomic E-state index is 0.512. The van der Waals surface area contributed by atoms with Crippen LogP contribution in [-0.2, 0) is 0 Å². The number of aryl methyl sites for hydroxylation is 1.